The van der Waals surface area contributed by atoms with Crippen molar-refractivity contribution in [1.29, 1.82) is 0 Å². The van der Waals surface area contributed by atoms with Crippen LogP contribution in [-0.2, 0) is 14.3 Å². The number of halogens is 4. The summed E-state index contributed by atoms with van der Waals surface area (Å²) in [6.45, 7) is 8.29. The van der Waals surface area contributed by atoms with E-state index in [9.17, 15) is 18.0 Å². The van der Waals surface area contributed by atoms with Crippen molar-refractivity contribution >= 4 is 29.3 Å². The molecule has 1 atom stereocenters. The van der Waals surface area contributed by atoms with Crippen LogP contribution >= 0.6 is 23.4 Å². The zero-order valence-electron chi connectivity index (χ0n) is 13.0. The maximum Gasteiger partial charge on any atom is 0.443 e. The molecule has 0 fully saturated rings. The number of ether oxygens (including phenoxy) is 1. The van der Waals surface area contributed by atoms with Crippen LogP contribution < -0.4 is 0 Å². The second kappa shape index (κ2) is 7.18. The standard InChI is InChI=1S/C16H18ClF3O2S/c1-5-10-15(23-16(18,19)20,13(21)22-14(2,3)4)11-6-8-12(17)9-7-11/h5-9H,1,10H2,2-4H3. The minimum Gasteiger partial charge on any atom is -0.459 e. The summed E-state index contributed by atoms with van der Waals surface area (Å²) < 4.78 is 42.7. The molecule has 0 aliphatic heterocycles. The van der Waals surface area contributed by atoms with Crippen molar-refractivity contribution in [2.45, 2.75) is 43.0 Å². The van der Waals surface area contributed by atoms with Gasteiger partial charge in [-0.3, -0.25) is 4.79 Å². The summed E-state index contributed by atoms with van der Waals surface area (Å²) in [5.41, 5.74) is -5.37. The van der Waals surface area contributed by atoms with Gasteiger partial charge >= 0.3 is 11.5 Å². The van der Waals surface area contributed by atoms with Crippen molar-refractivity contribution in [3.05, 3.63) is 47.5 Å². The molecule has 23 heavy (non-hydrogen) atoms. The maximum absolute atomic E-state index is 13.1. The van der Waals surface area contributed by atoms with Gasteiger partial charge in [0.05, 0.1) is 0 Å². The Morgan fingerprint density at radius 1 is 1.26 bits per heavy atom. The highest BCUT2D eigenvalue weighted by Gasteiger charge is 2.51. The van der Waals surface area contributed by atoms with Crippen LogP contribution in [0.15, 0.2) is 36.9 Å². The molecule has 0 radical (unpaired) electrons. The third kappa shape index (κ3) is 5.77. The molecule has 0 spiro atoms. The summed E-state index contributed by atoms with van der Waals surface area (Å²) in [4.78, 5) is 12.6. The number of carbonyl (C=O) groups is 1. The third-order valence-corrected chi connectivity index (χ3v) is 4.16. The number of thioether (sulfide) groups is 1. The quantitative estimate of drug-likeness (QED) is 0.493. The average Bonchev–Trinajstić information content (AvgIpc) is 2.35. The highest BCUT2D eigenvalue weighted by Crippen LogP contribution is 2.50. The fourth-order valence-electron chi connectivity index (χ4n) is 1.94. The molecule has 1 aromatic rings. The van der Waals surface area contributed by atoms with E-state index in [4.69, 9.17) is 16.3 Å². The van der Waals surface area contributed by atoms with Gasteiger partial charge in [0.1, 0.15) is 10.3 Å². The molecule has 0 bridgehead atoms. The molecule has 0 aliphatic carbocycles. The normalized spacial score (nSPS) is 14.9. The number of carbonyl (C=O) groups excluding carboxylic acids is 1. The molecule has 1 unspecified atom stereocenters. The first-order valence-corrected chi connectivity index (χ1v) is 7.96. The van der Waals surface area contributed by atoms with Gasteiger partial charge in [0.15, 0.2) is 0 Å². The first kappa shape index (κ1) is 19.9. The molecule has 0 saturated carbocycles. The zero-order chi connectivity index (χ0) is 17.9. The SMILES string of the molecule is C=CCC(SC(F)(F)F)(C(=O)OC(C)(C)C)c1ccc(Cl)cc1. The van der Waals surface area contributed by atoms with Crippen molar-refractivity contribution in [2.24, 2.45) is 0 Å². The second-order valence-corrected chi connectivity index (χ2v) is 7.68. The number of hydrogen-bond donors (Lipinski definition) is 0. The summed E-state index contributed by atoms with van der Waals surface area (Å²) in [5, 5.41) is 0.363. The Balaban J connectivity index is 3.44. The van der Waals surface area contributed by atoms with Crippen LogP contribution in [-0.4, -0.2) is 17.1 Å². The van der Waals surface area contributed by atoms with Crippen molar-refractivity contribution in [3.63, 3.8) is 0 Å². The number of benzene rings is 1. The second-order valence-electron chi connectivity index (χ2n) is 5.88. The lowest BCUT2D eigenvalue weighted by Gasteiger charge is -2.34. The fraction of sp³-hybridized carbons (Fsp3) is 0.438. The number of hydrogen-bond acceptors (Lipinski definition) is 3. The van der Waals surface area contributed by atoms with E-state index in [-0.39, 0.29) is 12.0 Å². The highest BCUT2D eigenvalue weighted by atomic mass is 35.5. The Bertz CT molecular complexity index is 564. The smallest absolute Gasteiger partial charge is 0.443 e. The molecule has 1 rings (SSSR count). The Morgan fingerprint density at radius 3 is 2.17 bits per heavy atom. The van der Waals surface area contributed by atoms with E-state index in [1.54, 1.807) is 20.8 Å². The molecule has 2 nitrogen and oxygen atoms in total. The van der Waals surface area contributed by atoms with Crippen LogP contribution in [0.1, 0.15) is 32.8 Å². The van der Waals surface area contributed by atoms with E-state index in [0.717, 1.165) is 0 Å². The molecule has 1 aromatic carbocycles. The van der Waals surface area contributed by atoms with E-state index in [0.29, 0.717) is 5.02 Å². The lowest BCUT2D eigenvalue weighted by molar-refractivity contribution is -0.158. The minimum atomic E-state index is -4.63. The van der Waals surface area contributed by atoms with Gasteiger partial charge in [0.2, 0.25) is 0 Å². The van der Waals surface area contributed by atoms with Gasteiger partial charge < -0.3 is 4.74 Å². The van der Waals surface area contributed by atoms with Crippen molar-refractivity contribution < 1.29 is 22.7 Å². The van der Waals surface area contributed by atoms with Crippen LogP contribution in [0.5, 0.6) is 0 Å². The van der Waals surface area contributed by atoms with Crippen LogP contribution in [0.25, 0.3) is 0 Å². The lowest BCUT2D eigenvalue weighted by atomic mass is 9.94. The van der Waals surface area contributed by atoms with Crippen molar-refractivity contribution in [3.8, 4) is 0 Å². The van der Waals surface area contributed by atoms with Crippen LogP contribution in [0.4, 0.5) is 13.2 Å². The molecule has 128 valence electrons. The number of esters is 1. The molecule has 0 saturated heterocycles. The molecular formula is C16H18ClF3O2S. The van der Waals surface area contributed by atoms with Crippen molar-refractivity contribution in [1.82, 2.24) is 0 Å². The van der Waals surface area contributed by atoms with Gasteiger partial charge in [-0.2, -0.15) is 13.2 Å². The molecular weight excluding hydrogens is 349 g/mol. The van der Waals surface area contributed by atoms with E-state index < -0.39 is 33.6 Å². The topological polar surface area (TPSA) is 26.3 Å². The Kier molecular flexibility index (Phi) is 6.21. The first-order valence-electron chi connectivity index (χ1n) is 6.77. The van der Waals surface area contributed by atoms with E-state index >= 15 is 0 Å². The minimum absolute atomic E-state index is 0.165. The average molecular weight is 367 g/mol. The van der Waals surface area contributed by atoms with Gasteiger partial charge in [-0.25, -0.2) is 0 Å². The summed E-state index contributed by atoms with van der Waals surface area (Å²) in [7, 11) is 0. The first-order chi connectivity index (χ1) is 10.4. The van der Waals surface area contributed by atoms with Gasteiger partial charge in [-0.15, -0.1) is 6.58 Å². The maximum atomic E-state index is 13.1. The molecule has 7 heteroatoms. The van der Waals surface area contributed by atoms with E-state index in [1.165, 1.54) is 30.3 Å². The third-order valence-electron chi connectivity index (χ3n) is 2.76. The van der Waals surface area contributed by atoms with Crippen LogP contribution in [0.2, 0.25) is 5.02 Å². The van der Waals surface area contributed by atoms with Gasteiger partial charge in [-0.1, -0.05) is 29.8 Å². The number of rotatable bonds is 5. The zero-order valence-corrected chi connectivity index (χ0v) is 14.6. The Labute approximate surface area is 143 Å². The van der Waals surface area contributed by atoms with Gasteiger partial charge in [-0.05, 0) is 56.7 Å². The van der Waals surface area contributed by atoms with E-state index in [1.807, 2.05) is 0 Å². The van der Waals surface area contributed by atoms with E-state index in [2.05, 4.69) is 6.58 Å². The van der Waals surface area contributed by atoms with Crippen LogP contribution in [0, 0.1) is 0 Å². The molecule has 0 amide bonds. The highest BCUT2D eigenvalue weighted by molar-refractivity contribution is 8.01. The Hall–Kier alpha value is -1.14. The molecule has 0 aromatic heterocycles. The van der Waals surface area contributed by atoms with Gasteiger partial charge in [0.25, 0.3) is 0 Å². The number of allylic oxidation sites excluding steroid dienone is 1. The Morgan fingerprint density at radius 2 is 1.78 bits per heavy atom. The largest absolute Gasteiger partial charge is 0.459 e. The summed E-state index contributed by atoms with van der Waals surface area (Å²) in [5.74, 6) is -0.963. The summed E-state index contributed by atoms with van der Waals surface area (Å²) >= 11 is 5.39. The summed E-state index contributed by atoms with van der Waals surface area (Å²) in [6, 6.07) is 5.68. The molecule has 0 N–H and O–H groups in total. The fourth-order valence-corrected chi connectivity index (χ4v) is 3.04. The van der Waals surface area contributed by atoms with Gasteiger partial charge in [0, 0.05) is 5.02 Å². The van der Waals surface area contributed by atoms with Crippen molar-refractivity contribution in [2.75, 3.05) is 0 Å². The lowest BCUT2D eigenvalue weighted by Crippen LogP contribution is -2.40. The number of alkyl halides is 3. The molecule has 0 heterocycles. The summed E-state index contributed by atoms with van der Waals surface area (Å²) in [6.07, 6.45) is 1.05. The van der Waals surface area contributed by atoms with Crippen LogP contribution in [0.3, 0.4) is 0 Å². The predicted octanol–water partition coefficient (Wildman–Crippen LogP) is 5.71. The monoisotopic (exact) mass is 366 g/mol. The molecule has 0 aliphatic rings. The predicted molar refractivity (Wildman–Crippen MR) is 87.4 cm³/mol.